The van der Waals surface area contributed by atoms with Gasteiger partial charge in [0.15, 0.2) is 0 Å². The molecular formula is C20H26N2O4S. The predicted molar refractivity (Wildman–Crippen MR) is 105 cm³/mol. The van der Waals surface area contributed by atoms with Gasteiger partial charge in [-0.1, -0.05) is 19.1 Å². The molecule has 0 spiro atoms. The summed E-state index contributed by atoms with van der Waals surface area (Å²) in [5.74, 6) is 0.505. The Labute approximate surface area is 161 Å². The molecule has 1 atom stereocenters. The molecule has 0 aliphatic heterocycles. The highest BCUT2D eigenvalue weighted by molar-refractivity contribution is 7.89. The van der Waals surface area contributed by atoms with Gasteiger partial charge in [-0.25, -0.2) is 13.1 Å². The van der Waals surface area contributed by atoms with Crippen LogP contribution in [0.25, 0.3) is 0 Å². The average molecular weight is 391 g/mol. The Kier molecular flexibility index (Phi) is 6.98. The fourth-order valence-corrected chi connectivity index (χ4v) is 3.91. The van der Waals surface area contributed by atoms with Crippen LogP contribution in [0, 0.1) is 0 Å². The molecule has 0 heterocycles. The van der Waals surface area contributed by atoms with E-state index >= 15 is 0 Å². The first-order chi connectivity index (χ1) is 12.8. The van der Waals surface area contributed by atoms with E-state index in [1.54, 1.807) is 21.0 Å². The zero-order valence-electron chi connectivity index (χ0n) is 16.0. The van der Waals surface area contributed by atoms with E-state index in [-0.39, 0.29) is 22.9 Å². The lowest BCUT2D eigenvalue weighted by Crippen LogP contribution is -2.30. The van der Waals surface area contributed by atoms with Crippen molar-refractivity contribution >= 4 is 15.9 Å². The van der Waals surface area contributed by atoms with E-state index in [0.29, 0.717) is 5.56 Å². The van der Waals surface area contributed by atoms with Gasteiger partial charge in [0.2, 0.25) is 10.0 Å². The third-order valence-electron chi connectivity index (χ3n) is 4.05. The van der Waals surface area contributed by atoms with Gasteiger partial charge < -0.3 is 10.1 Å². The van der Waals surface area contributed by atoms with Gasteiger partial charge in [-0.3, -0.25) is 4.79 Å². The zero-order chi connectivity index (χ0) is 20.0. The largest absolute Gasteiger partial charge is 0.497 e. The molecule has 0 bridgehead atoms. The van der Waals surface area contributed by atoms with Crippen LogP contribution in [-0.4, -0.2) is 27.5 Å². The maximum Gasteiger partial charge on any atom is 0.251 e. The molecule has 6 nitrogen and oxygen atoms in total. The molecule has 0 saturated carbocycles. The van der Waals surface area contributed by atoms with Crippen LogP contribution in [0.15, 0.2) is 53.4 Å². The first-order valence-corrected chi connectivity index (χ1v) is 10.3. The molecule has 0 aliphatic carbocycles. The zero-order valence-corrected chi connectivity index (χ0v) is 16.8. The monoisotopic (exact) mass is 390 g/mol. The van der Waals surface area contributed by atoms with E-state index in [1.807, 2.05) is 31.2 Å². The highest BCUT2D eigenvalue weighted by atomic mass is 32.2. The van der Waals surface area contributed by atoms with Crippen molar-refractivity contribution in [3.05, 3.63) is 59.7 Å². The molecule has 2 N–H and O–H groups in total. The SMILES string of the molecule is CCC(NC(=O)c1ccc(S(=O)(=O)NC(C)C)cc1)c1ccc(OC)cc1. The molecule has 0 aromatic heterocycles. The molecule has 2 rings (SSSR count). The number of hydrogen-bond donors (Lipinski definition) is 2. The number of rotatable bonds is 8. The molecule has 0 aliphatic rings. The first-order valence-electron chi connectivity index (χ1n) is 8.84. The smallest absolute Gasteiger partial charge is 0.251 e. The van der Waals surface area contributed by atoms with Crippen LogP contribution in [0.4, 0.5) is 0 Å². The van der Waals surface area contributed by atoms with Gasteiger partial charge in [0.05, 0.1) is 18.0 Å². The fraction of sp³-hybridized carbons (Fsp3) is 0.350. The fourth-order valence-electron chi connectivity index (χ4n) is 2.66. The lowest BCUT2D eigenvalue weighted by molar-refractivity contribution is 0.0935. The van der Waals surface area contributed by atoms with Gasteiger partial charge in [-0.15, -0.1) is 0 Å². The second kappa shape index (κ2) is 9.01. The quantitative estimate of drug-likeness (QED) is 0.725. The predicted octanol–water partition coefficient (Wildman–Crippen LogP) is 3.26. The molecule has 1 unspecified atom stereocenters. The van der Waals surface area contributed by atoms with E-state index in [9.17, 15) is 13.2 Å². The van der Waals surface area contributed by atoms with Crippen LogP contribution in [0.5, 0.6) is 5.75 Å². The van der Waals surface area contributed by atoms with Crippen LogP contribution >= 0.6 is 0 Å². The van der Waals surface area contributed by atoms with Crippen molar-refractivity contribution in [2.45, 2.75) is 44.2 Å². The molecule has 2 aromatic rings. The highest BCUT2D eigenvalue weighted by Crippen LogP contribution is 2.21. The summed E-state index contributed by atoms with van der Waals surface area (Å²) >= 11 is 0. The van der Waals surface area contributed by atoms with E-state index in [4.69, 9.17) is 4.74 Å². The molecule has 27 heavy (non-hydrogen) atoms. The lowest BCUT2D eigenvalue weighted by Gasteiger charge is -2.18. The van der Waals surface area contributed by atoms with Crippen LogP contribution < -0.4 is 14.8 Å². The van der Waals surface area contributed by atoms with Gasteiger partial charge in [0, 0.05) is 11.6 Å². The summed E-state index contributed by atoms with van der Waals surface area (Å²) in [6.45, 7) is 5.50. The van der Waals surface area contributed by atoms with Crippen molar-refractivity contribution in [2.24, 2.45) is 0 Å². The normalized spacial score (nSPS) is 12.6. The summed E-state index contributed by atoms with van der Waals surface area (Å²) in [7, 11) is -1.97. The second-order valence-corrected chi connectivity index (χ2v) is 8.22. The van der Waals surface area contributed by atoms with Crippen LogP contribution in [0.3, 0.4) is 0 Å². The van der Waals surface area contributed by atoms with Crippen molar-refractivity contribution in [2.75, 3.05) is 7.11 Å². The Morgan fingerprint density at radius 1 is 1.04 bits per heavy atom. The summed E-state index contributed by atoms with van der Waals surface area (Å²) in [5, 5.41) is 2.98. The Morgan fingerprint density at radius 2 is 1.63 bits per heavy atom. The van der Waals surface area contributed by atoms with E-state index < -0.39 is 10.0 Å². The number of methoxy groups -OCH3 is 1. The van der Waals surface area contributed by atoms with Crippen LogP contribution in [0.2, 0.25) is 0 Å². The average Bonchev–Trinajstić information content (AvgIpc) is 2.65. The Hall–Kier alpha value is -2.38. The van der Waals surface area contributed by atoms with Gasteiger partial charge in [0.25, 0.3) is 5.91 Å². The van der Waals surface area contributed by atoms with E-state index in [2.05, 4.69) is 10.0 Å². The summed E-state index contributed by atoms with van der Waals surface area (Å²) in [5.41, 5.74) is 1.39. The maximum absolute atomic E-state index is 12.5. The molecule has 0 radical (unpaired) electrons. The van der Waals surface area contributed by atoms with E-state index in [0.717, 1.165) is 17.7 Å². The molecule has 146 valence electrons. The Balaban J connectivity index is 2.12. The van der Waals surface area contributed by atoms with Crippen LogP contribution in [-0.2, 0) is 10.0 Å². The van der Waals surface area contributed by atoms with Crippen molar-refractivity contribution in [3.63, 3.8) is 0 Å². The summed E-state index contributed by atoms with van der Waals surface area (Å²) in [4.78, 5) is 12.7. The number of benzene rings is 2. The molecule has 0 saturated heterocycles. The van der Waals surface area contributed by atoms with Gasteiger partial charge >= 0.3 is 0 Å². The molecule has 7 heteroatoms. The Morgan fingerprint density at radius 3 is 2.11 bits per heavy atom. The number of hydrogen-bond acceptors (Lipinski definition) is 4. The minimum absolute atomic E-state index is 0.134. The number of carbonyl (C=O) groups excluding carboxylic acids is 1. The molecule has 2 aromatic carbocycles. The van der Waals surface area contributed by atoms with Crippen molar-refractivity contribution in [1.82, 2.24) is 10.0 Å². The lowest BCUT2D eigenvalue weighted by atomic mass is 10.0. The van der Waals surface area contributed by atoms with Crippen molar-refractivity contribution < 1.29 is 17.9 Å². The first kappa shape index (κ1) is 20.9. The van der Waals surface area contributed by atoms with Gasteiger partial charge in [-0.2, -0.15) is 0 Å². The summed E-state index contributed by atoms with van der Waals surface area (Å²) < 4.78 is 32.0. The third kappa shape index (κ3) is 5.55. The van der Waals surface area contributed by atoms with Crippen molar-refractivity contribution in [1.29, 1.82) is 0 Å². The molecule has 1 amide bonds. The minimum Gasteiger partial charge on any atom is -0.497 e. The minimum atomic E-state index is -3.57. The number of amides is 1. The molecule has 0 fully saturated rings. The summed E-state index contributed by atoms with van der Waals surface area (Å²) in [6, 6.07) is 13.1. The van der Waals surface area contributed by atoms with Crippen LogP contribution in [0.1, 0.15) is 49.2 Å². The second-order valence-electron chi connectivity index (χ2n) is 6.51. The number of nitrogens with one attached hydrogen (secondary N) is 2. The van der Waals surface area contributed by atoms with Gasteiger partial charge in [0.1, 0.15) is 5.75 Å². The maximum atomic E-state index is 12.5. The number of carbonyl (C=O) groups is 1. The third-order valence-corrected chi connectivity index (χ3v) is 5.72. The Bertz CT molecular complexity index is 860. The number of sulfonamides is 1. The van der Waals surface area contributed by atoms with Gasteiger partial charge in [-0.05, 0) is 62.2 Å². The standard InChI is InChI=1S/C20H26N2O4S/c1-5-19(15-6-10-17(26-4)11-7-15)21-20(23)16-8-12-18(13-9-16)27(24,25)22-14(2)3/h6-14,19,22H,5H2,1-4H3,(H,21,23). The highest BCUT2D eigenvalue weighted by Gasteiger charge is 2.18. The number of ether oxygens (including phenoxy) is 1. The molecular weight excluding hydrogens is 364 g/mol. The van der Waals surface area contributed by atoms with E-state index in [1.165, 1.54) is 24.3 Å². The summed E-state index contributed by atoms with van der Waals surface area (Å²) in [6.07, 6.45) is 0.725. The topological polar surface area (TPSA) is 84.5 Å². The van der Waals surface area contributed by atoms with Crippen molar-refractivity contribution in [3.8, 4) is 5.75 Å².